The zero-order valence-corrected chi connectivity index (χ0v) is 7.94. The summed E-state index contributed by atoms with van der Waals surface area (Å²) in [5, 5.41) is 0. The van der Waals surface area contributed by atoms with Crippen molar-refractivity contribution in [2.75, 3.05) is 6.61 Å². The third-order valence-corrected chi connectivity index (χ3v) is 1.25. The van der Waals surface area contributed by atoms with E-state index in [0.29, 0.717) is 13.0 Å². The molecule has 0 radical (unpaired) electrons. The van der Waals surface area contributed by atoms with Crippen LogP contribution in [0.15, 0.2) is 0 Å². The maximum Gasteiger partial charge on any atom is 0.306 e. The van der Waals surface area contributed by atoms with E-state index in [1.807, 2.05) is 13.8 Å². The fourth-order valence-corrected chi connectivity index (χ4v) is 0.769. The maximum atomic E-state index is 10.4. The van der Waals surface area contributed by atoms with Crippen LogP contribution in [0.25, 0.3) is 0 Å². The second-order valence-electron chi connectivity index (χ2n) is 3.71. The third kappa shape index (κ3) is 4.82. The van der Waals surface area contributed by atoms with Crippen LogP contribution in [0.1, 0.15) is 40.5 Å². The minimum Gasteiger partial charge on any atom is -0.465 e. The minimum absolute atomic E-state index is 0.0602. The Labute approximate surface area is 68.9 Å². The third-order valence-electron chi connectivity index (χ3n) is 1.25. The first-order valence-corrected chi connectivity index (χ1v) is 4.17. The van der Waals surface area contributed by atoms with Crippen molar-refractivity contribution in [3.63, 3.8) is 0 Å². The fraction of sp³-hybridized carbons (Fsp3) is 0.889. The number of carbonyl (C=O) groups excluding carboxylic acids is 1. The Morgan fingerprint density at radius 1 is 1.45 bits per heavy atom. The molecule has 1 saturated heterocycles. The van der Waals surface area contributed by atoms with Gasteiger partial charge in [0, 0.05) is 5.41 Å². The molecule has 0 aliphatic carbocycles. The first-order chi connectivity index (χ1) is 5.02. The summed E-state index contributed by atoms with van der Waals surface area (Å²) < 4.78 is 4.73. The number of carbonyl (C=O) groups is 1. The zero-order chi connectivity index (χ0) is 8.91. The van der Waals surface area contributed by atoms with Gasteiger partial charge < -0.3 is 4.74 Å². The molecule has 0 amide bonds. The van der Waals surface area contributed by atoms with Crippen molar-refractivity contribution in [1.29, 1.82) is 0 Å². The van der Waals surface area contributed by atoms with Crippen molar-refractivity contribution < 1.29 is 9.53 Å². The number of hydrogen-bond donors (Lipinski definition) is 0. The smallest absolute Gasteiger partial charge is 0.306 e. The number of cyclic esters (lactones) is 1. The average Bonchev–Trinajstić information content (AvgIpc) is 2.11. The lowest BCUT2D eigenvalue weighted by atomic mass is 9.93. The van der Waals surface area contributed by atoms with Crippen LogP contribution >= 0.6 is 0 Å². The van der Waals surface area contributed by atoms with Crippen LogP contribution in [-0.2, 0) is 9.53 Å². The quantitative estimate of drug-likeness (QED) is 0.506. The molecular weight excluding hydrogens is 140 g/mol. The van der Waals surface area contributed by atoms with E-state index in [2.05, 4.69) is 13.8 Å². The van der Waals surface area contributed by atoms with Crippen LogP contribution < -0.4 is 0 Å². The van der Waals surface area contributed by atoms with E-state index in [4.69, 9.17) is 4.74 Å². The van der Waals surface area contributed by atoms with E-state index >= 15 is 0 Å². The number of ether oxygens (including phenoxy) is 1. The molecule has 2 heteroatoms. The predicted molar refractivity (Wildman–Crippen MR) is 45.3 cm³/mol. The summed E-state index contributed by atoms with van der Waals surface area (Å²) in [7, 11) is 0. The van der Waals surface area contributed by atoms with Crippen molar-refractivity contribution in [3.05, 3.63) is 0 Å². The molecule has 1 aliphatic rings. The highest BCUT2D eigenvalue weighted by molar-refractivity contribution is 5.72. The van der Waals surface area contributed by atoms with Crippen molar-refractivity contribution in [3.8, 4) is 0 Å². The Kier molecular flexibility index (Phi) is 4.16. The highest BCUT2D eigenvalue weighted by atomic mass is 16.5. The molecule has 1 rings (SSSR count). The van der Waals surface area contributed by atoms with Crippen LogP contribution in [0.4, 0.5) is 0 Å². The Morgan fingerprint density at radius 3 is 2.00 bits per heavy atom. The Morgan fingerprint density at radius 2 is 1.91 bits per heavy atom. The fourth-order valence-electron chi connectivity index (χ4n) is 0.769. The molecule has 0 spiro atoms. The van der Waals surface area contributed by atoms with Crippen molar-refractivity contribution in [2.45, 2.75) is 40.5 Å². The van der Waals surface area contributed by atoms with Gasteiger partial charge in [0.25, 0.3) is 0 Å². The first kappa shape index (κ1) is 10.5. The number of esters is 1. The van der Waals surface area contributed by atoms with Gasteiger partial charge in [-0.1, -0.05) is 34.1 Å². The molecular formula is C9H18O2. The largest absolute Gasteiger partial charge is 0.465 e. The summed E-state index contributed by atoms with van der Waals surface area (Å²) in [5.74, 6) is -0.0602. The predicted octanol–water partition coefficient (Wildman–Crippen LogP) is 2.38. The van der Waals surface area contributed by atoms with Gasteiger partial charge >= 0.3 is 5.97 Å². The van der Waals surface area contributed by atoms with Gasteiger partial charge in [-0.05, 0) is 0 Å². The Balaban J connectivity index is 0.000000292. The van der Waals surface area contributed by atoms with E-state index < -0.39 is 0 Å². The molecule has 1 fully saturated rings. The van der Waals surface area contributed by atoms with Crippen molar-refractivity contribution in [2.24, 2.45) is 5.41 Å². The summed E-state index contributed by atoms with van der Waals surface area (Å²) >= 11 is 0. The molecule has 0 unspecified atom stereocenters. The second kappa shape index (κ2) is 4.37. The van der Waals surface area contributed by atoms with Crippen LogP contribution in [0.5, 0.6) is 0 Å². The molecule has 0 saturated carbocycles. The van der Waals surface area contributed by atoms with Gasteiger partial charge in [0.2, 0.25) is 0 Å². The lowest BCUT2D eigenvalue weighted by molar-refractivity contribution is -0.137. The van der Waals surface area contributed by atoms with E-state index in [9.17, 15) is 4.79 Å². The summed E-state index contributed by atoms with van der Waals surface area (Å²) in [6.45, 7) is 8.89. The molecule has 0 bridgehead atoms. The normalized spacial score (nSPS) is 20.2. The zero-order valence-electron chi connectivity index (χ0n) is 7.94. The molecule has 0 aromatic rings. The Hall–Kier alpha value is -0.530. The van der Waals surface area contributed by atoms with E-state index in [-0.39, 0.29) is 11.4 Å². The van der Waals surface area contributed by atoms with Gasteiger partial charge in [0.1, 0.15) is 0 Å². The summed E-state index contributed by atoms with van der Waals surface area (Å²) in [5.41, 5.74) is 0.0943. The van der Waals surface area contributed by atoms with Crippen molar-refractivity contribution in [1.82, 2.24) is 0 Å². The first-order valence-electron chi connectivity index (χ1n) is 4.17. The van der Waals surface area contributed by atoms with E-state index in [1.54, 1.807) is 0 Å². The van der Waals surface area contributed by atoms with Gasteiger partial charge in [-0.15, -0.1) is 0 Å². The standard InChI is InChI=1S/C6H10O2.C3H8/c1-6(2)3-5(7)8-4-6;1-3-2/h3-4H2,1-2H3;3H2,1-2H3. The second-order valence-corrected chi connectivity index (χ2v) is 3.71. The Bertz CT molecular complexity index is 128. The molecule has 0 atom stereocenters. The van der Waals surface area contributed by atoms with Gasteiger partial charge in [-0.3, -0.25) is 4.79 Å². The molecule has 1 aliphatic heterocycles. The van der Waals surface area contributed by atoms with Crippen LogP contribution in [0.2, 0.25) is 0 Å². The summed E-state index contributed by atoms with van der Waals surface area (Å²) in [6, 6.07) is 0. The highest BCUT2D eigenvalue weighted by Gasteiger charge is 2.30. The van der Waals surface area contributed by atoms with Gasteiger partial charge in [0.15, 0.2) is 0 Å². The number of hydrogen-bond acceptors (Lipinski definition) is 2. The van der Waals surface area contributed by atoms with Crippen LogP contribution in [-0.4, -0.2) is 12.6 Å². The topological polar surface area (TPSA) is 26.3 Å². The van der Waals surface area contributed by atoms with E-state index in [0.717, 1.165) is 0 Å². The lowest BCUT2D eigenvalue weighted by Crippen LogP contribution is -2.08. The monoisotopic (exact) mass is 158 g/mol. The molecule has 2 nitrogen and oxygen atoms in total. The SMILES string of the molecule is CC1(C)COC(=O)C1.CCC. The van der Waals surface area contributed by atoms with Crippen LogP contribution in [0, 0.1) is 5.41 Å². The average molecular weight is 158 g/mol. The lowest BCUT2D eigenvalue weighted by Gasteiger charge is -2.09. The van der Waals surface area contributed by atoms with Gasteiger partial charge in [-0.2, -0.15) is 0 Å². The molecule has 11 heavy (non-hydrogen) atoms. The minimum atomic E-state index is -0.0602. The van der Waals surface area contributed by atoms with Crippen LogP contribution in [0.3, 0.4) is 0 Å². The molecule has 0 aromatic heterocycles. The maximum absolute atomic E-state index is 10.4. The highest BCUT2D eigenvalue weighted by Crippen LogP contribution is 2.26. The molecule has 0 aromatic carbocycles. The van der Waals surface area contributed by atoms with Gasteiger partial charge in [-0.25, -0.2) is 0 Å². The van der Waals surface area contributed by atoms with E-state index in [1.165, 1.54) is 6.42 Å². The summed E-state index contributed by atoms with van der Waals surface area (Å²) in [4.78, 5) is 10.4. The number of rotatable bonds is 0. The van der Waals surface area contributed by atoms with Crippen molar-refractivity contribution >= 4 is 5.97 Å². The molecule has 66 valence electrons. The summed E-state index contributed by atoms with van der Waals surface area (Å²) in [6.07, 6.45) is 1.83. The molecule has 0 N–H and O–H groups in total. The van der Waals surface area contributed by atoms with Gasteiger partial charge in [0.05, 0.1) is 13.0 Å². The molecule has 1 heterocycles.